The first-order valence-corrected chi connectivity index (χ1v) is 10.5. The molecule has 0 saturated carbocycles. The first kappa shape index (κ1) is 23.5. The summed E-state index contributed by atoms with van der Waals surface area (Å²) in [6, 6.07) is 9.70. The Morgan fingerprint density at radius 2 is 2.03 bits per heavy atom. The average molecular weight is 463 g/mol. The molecule has 2 saturated heterocycles. The standard InChI is InChI=1S/C21H22ClFN4O2.CH2O2/c22-15-7-5-14(6-8-15)11-21(20(29)26-17-4-2-10-25-19(17)28)12-27(13-21)18-16(23)3-1-9-24-18;2-1-3/h1,3,5-9,17H,2,4,10-13H2,(H,25,28)(H,26,29);1H,(H,2,3). The molecule has 0 aliphatic carbocycles. The van der Waals surface area contributed by atoms with E-state index in [9.17, 15) is 14.0 Å². The molecule has 1 aromatic heterocycles. The number of halogens is 2. The highest BCUT2D eigenvalue weighted by Crippen LogP contribution is 2.38. The van der Waals surface area contributed by atoms with Crippen molar-refractivity contribution in [3.63, 3.8) is 0 Å². The number of piperidine rings is 1. The van der Waals surface area contributed by atoms with Gasteiger partial charge in [0.25, 0.3) is 6.47 Å². The quantitative estimate of drug-likeness (QED) is 0.586. The molecule has 1 atom stereocenters. The number of hydrogen-bond acceptors (Lipinski definition) is 5. The van der Waals surface area contributed by atoms with Gasteiger partial charge < -0.3 is 20.6 Å². The maximum atomic E-state index is 14.1. The second-order valence-corrected chi connectivity index (χ2v) is 8.25. The van der Waals surface area contributed by atoms with Gasteiger partial charge in [0, 0.05) is 30.9 Å². The zero-order valence-electron chi connectivity index (χ0n) is 17.3. The monoisotopic (exact) mass is 462 g/mol. The van der Waals surface area contributed by atoms with Gasteiger partial charge >= 0.3 is 0 Å². The van der Waals surface area contributed by atoms with Crippen LogP contribution in [0.1, 0.15) is 18.4 Å². The number of aromatic nitrogens is 1. The molecule has 8 nitrogen and oxygen atoms in total. The van der Waals surface area contributed by atoms with Gasteiger partial charge in [-0.25, -0.2) is 9.37 Å². The highest BCUT2D eigenvalue weighted by molar-refractivity contribution is 6.30. The van der Waals surface area contributed by atoms with Crippen molar-refractivity contribution in [1.29, 1.82) is 0 Å². The third-order valence-electron chi connectivity index (χ3n) is 5.55. The van der Waals surface area contributed by atoms with Crippen LogP contribution in [0, 0.1) is 11.2 Å². The molecule has 2 fully saturated rings. The minimum absolute atomic E-state index is 0.154. The van der Waals surface area contributed by atoms with E-state index in [0.29, 0.717) is 37.5 Å². The second kappa shape index (κ2) is 10.4. The Balaban J connectivity index is 0.000000913. The molecule has 2 amide bonds. The molecular weight excluding hydrogens is 439 g/mol. The van der Waals surface area contributed by atoms with Gasteiger partial charge in [-0.3, -0.25) is 14.4 Å². The van der Waals surface area contributed by atoms with E-state index in [0.717, 1.165) is 12.0 Å². The van der Waals surface area contributed by atoms with Gasteiger partial charge in [-0.2, -0.15) is 0 Å². The molecule has 3 heterocycles. The third-order valence-corrected chi connectivity index (χ3v) is 5.81. The summed E-state index contributed by atoms with van der Waals surface area (Å²) in [7, 11) is 0. The molecule has 4 rings (SSSR count). The van der Waals surface area contributed by atoms with Crippen molar-refractivity contribution in [2.45, 2.75) is 25.3 Å². The molecule has 2 aliphatic heterocycles. The molecule has 0 bridgehead atoms. The first-order chi connectivity index (χ1) is 15.4. The van der Waals surface area contributed by atoms with Crippen molar-refractivity contribution in [3.05, 3.63) is 59.0 Å². The van der Waals surface area contributed by atoms with Crippen LogP contribution in [0.15, 0.2) is 42.6 Å². The van der Waals surface area contributed by atoms with Gasteiger partial charge in [-0.1, -0.05) is 23.7 Å². The number of carbonyl (C=O) groups excluding carboxylic acids is 2. The Bertz CT molecular complexity index is 967. The molecule has 10 heteroatoms. The van der Waals surface area contributed by atoms with Crippen LogP contribution in [0.3, 0.4) is 0 Å². The van der Waals surface area contributed by atoms with Crippen molar-refractivity contribution in [2.24, 2.45) is 5.41 Å². The lowest BCUT2D eigenvalue weighted by molar-refractivity contribution is -0.137. The van der Waals surface area contributed by atoms with E-state index in [1.165, 1.54) is 18.3 Å². The molecule has 0 radical (unpaired) electrons. The Kier molecular flexibility index (Phi) is 7.63. The van der Waals surface area contributed by atoms with Gasteiger partial charge in [0.15, 0.2) is 11.6 Å². The predicted molar refractivity (Wildman–Crippen MR) is 117 cm³/mol. The molecule has 0 spiro atoms. The Labute approximate surface area is 189 Å². The normalized spacial score (nSPS) is 19.0. The summed E-state index contributed by atoms with van der Waals surface area (Å²) in [5, 5.41) is 13.2. The summed E-state index contributed by atoms with van der Waals surface area (Å²) in [5.74, 6) is -0.526. The lowest BCUT2D eigenvalue weighted by Gasteiger charge is -2.50. The van der Waals surface area contributed by atoms with Crippen LogP contribution in [0.4, 0.5) is 10.2 Å². The third kappa shape index (κ3) is 5.34. The van der Waals surface area contributed by atoms with Crippen molar-refractivity contribution in [1.82, 2.24) is 15.6 Å². The zero-order valence-corrected chi connectivity index (χ0v) is 18.0. The first-order valence-electron chi connectivity index (χ1n) is 10.1. The van der Waals surface area contributed by atoms with E-state index in [2.05, 4.69) is 15.6 Å². The fourth-order valence-corrected chi connectivity index (χ4v) is 4.12. The summed E-state index contributed by atoms with van der Waals surface area (Å²) in [4.78, 5) is 39.5. The van der Waals surface area contributed by atoms with Crippen LogP contribution in [-0.2, 0) is 20.8 Å². The van der Waals surface area contributed by atoms with E-state index in [1.807, 2.05) is 12.1 Å². The lowest BCUT2D eigenvalue weighted by atomic mass is 9.73. The summed E-state index contributed by atoms with van der Waals surface area (Å²) in [6.45, 7) is 1.03. The Morgan fingerprint density at radius 1 is 1.34 bits per heavy atom. The zero-order chi connectivity index (χ0) is 23.1. The molecule has 170 valence electrons. The van der Waals surface area contributed by atoms with Crippen molar-refractivity contribution >= 4 is 35.7 Å². The topological polar surface area (TPSA) is 112 Å². The number of benzene rings is 1. The molecule has 1 aromatic carbocycles. The largest absolute Gasteiger partial charge is 0.483 e. The van der Waals surface area contributed by atoms with E-state index < -0.39 is 17.3 Å². The number of amides is 2. The van der Waals surface area contributed by atoms with Gasteiger partial charge in [0.1, 0.15) is 6.04 Å². The van der Waals surface area contributed by atoms with E-state index in [4.69, 9.17) is 21.5 Å². The predicted octanol–water partition coefficient (Wildman–Crippen LogP) is 2.02. The lowest BCUT2D eigenvalue weighted by Crippen LogP contribution is -2.67. The number of nitrogens with zero attached hydrogens (tertiary/aromatic N) is 2. The molecule has 2 aliphatic rings. The van der Waals surface area contributed by atoms with Crippen LogP contribution < -0.4 is 15.5 Å². The number of pyridine rings is 1. The smallest absolute Gasteiger partial charge is 0.290 e. The molecule has 2 aromatic rings. The SMILES string of the molecule is O=C1NCCCC1NC(=O)C1(Cc2ccc(Cl)cc2)CN(c2ncccc2F)C1.O=CO. The van der Waals surface area contributed by atoms with E-state index in [1.54, 1.807) is 17.0 Å². The van der Waals surface area contributed by atoms with Crippen LogP contribution >= 0.6 is 11.6 Å². The Morgan fingerprint density at radius 3 is 2.66 bits per heavy atom. The molecule has 32 heavy (non-hydrogen) atoms. The van der Waals surface area contributed by atoms with Gasteiger partial charge in [0.2, 0.25) is 11.8 Å². The summed E-state index contributed by atoms with van der Waals surface area (Å²) in [6.07, 6.45) is 3.44. The van der Waals surface area contributed by atoms with Gasteiger partial charge in [-0.05, 0) is 49.1 Å². The van der Waals surface area contributed by atoms with Crippen molar-refractivity contribution in [3.8, 4) is 0 Å². The highest BCUT2D eigenvalue weighted by atomic mass is 35.5. The highest BCUT2D eigenvalue weighted by Gasteiger charge is 2.51. The number of carboxylic acid groups (broad SMARTS) is 1. The van der Waals surface area contributed by atoms with Crippen LogP contribution in [-0.4, -0.2) is 54.1 Å². The maximum Gasteiger partial charge on any atom is 0.290 e. The van der Waals surface area contributed by atoms with Crippen LogP contribution in [0.25, 0.3) is 0 Å². The second-order valence-electron chi connectivity index (χ2n) is 7.81. The van der Waals surface area contributed by atoms with E-state index >= 15 is 0 Å². The van der Waals surface area contributed by atoms with Crippen molar-refractivity contribution in [2.75, 3.05) is 24.5 Å². The van der Waals surface area contributed by atoms with E-state index in [-0.39, 0.29) is 24.1 Å². The van der Waals surface area contributed by atoms with Gasteiger partial charge in [-0.15, -0.1) is 0 Å². The van der Waals surface area contributed by atoms with Crippen LogP contribution in [0.5, 0.6) is 0 Å². The number of rotatable bonds is 5. The van der Waals surface area contributed by atoms with Crippen LogP contribution in [0.2, 0.25) is 5.02 Å². The maximum absolute atomic E-state index is 14.1. The fourth-order valence-electron chi connectivity index (χ4n) is 3.99. The molecule has 3 N–H and O–H groups in total. The molecule has 1 unspecified atom stereocenters. The summed E-state index contributed by atoms with van der Waals surface area (Å²) in [5.41, 5.74) is 0.189. The van der Waals surface area contributed by atoms with Crippen molar-refractivity contribution < 1.29 is 23.9 Å². The number of anilines is 1. The summed E-state index contributed by atoms with van der Waals surface area (Å²) >= 11 is 5.98. The summed E-state index contributed by atoms with van der Waals surface area (Å²) < 4.78 is 14.1. The average Bonchev–Trinajstić information content (AvgIpc) is 2.75. The number of hydrogen-bond donors (Lipinski definition) is 3. The minimum atomic E-state index is -0.768. The fraction of sp³-hybridized carbons (Fsp3) is 0.364. The molecular formula is C22H24ClFN4O4. The van der Waals surface area contributed by atoms with Gasteiger partial charge in [0.05, 0.1) is 5.41 Å². The number of nitrogens with one attached hydrogen (secondary N) is 2. The minimum Gasteiger partial charge on any atom is -0.483 e. The number of carbonyl (C=O) groups is 3. The Hall–Kier alpha value is -3.20.